The summed E-state index contributed by atoms with van der Waals surface area (Å²) < 4.78 is 4.81. The summed E-state index contributed by atoms with van der Waals surface area (Å²) in [6, 6.07) is 9.30. The van der Waals surface area contributed by atoms with Crippen molar-refractivity contribution in [1.82, 2.24) is 0 Å². The highest BCUT2D eigenvalue weighted by Crippen LogP contribution is 2.17. The van der Waals surface area contributed by atoms with Crippen LogP contribution in [0.2, 0.25) is 0 Å². The maximum absolute atomic E-state index is 11.2. The highest BCUT2D eigenvalue weighted by molar-refractivity contribution is 7.99. The molecule has 1 unspecified atom stereocenters. The molecule has 82 valence electrons. The molecule has 2 N–H and O–H groups in total. The van der Waals surface area contributed by atoms with Crippen molar-refractivity contribution in [1.29, 1.82) is 0 Å². The first-order valence-corrected chi connectivity index (χ1v) is 5.82. The fraction of sp³-hybridized carbons (Fsp3) is 0.364. The van der Waals surface area contributed by atoms with E-state index < -0.39 is 6.04 Å². The zero-order chi connectivity index (χ0) is 11.1. The van der Waals surface area contributed by atoms with Crippen LogP contribution in [0, 0.1) is 0 Å². The van der Waals surface area contributed by atoms with Crippen molar-refractivity contribution in [3.63, 3.8) is 0 Å². The van der Waals surface area contributed by atoms with Gasteiger partial charge in [-0.2, -0.15) is 0 Å². The van der Waals surface area contributed by atoms with Gasteiger partial charge in [-0.15, -0.1) is 11.8 Å². The third-order valence-corrected chi connectivity index (χ3v) is 2.89. The van der Waals surface area contributed by atoms with Crippen LogP contribution < -0.4 is 5.73 Å². The Kier molecular flexibility index (Phi) is 5.21. The summed E-state index contributed by atoms with van der Waals surface area (Å²) in [5, 5.41) is 0. The minimum atomic E-state index is -0.546. The van der Waals surface area contributed by atoms with Crippen molar-refractivity contribution in [2.24, 2.45) is 5.73 Å². The van der Waals surface area contributed by atoms with Crippen LogP contribution in [0.1, 0.15) is 6.92 Å². The van der Waals surface area contributed by atoms with Crippen molar-refractivity contribution in [3.05, 3.63) is 30.3 Å². The summed E-state index contributed by atoms with van der Waals surface area (Å²) in [5.74, 6) is 0.212. The van der Waals surface area contributed by atoms with E-state index in [2.05, 4.69) is 0 Å². The molecule has 0 radical (unpaired) electrons. The van der Waals surface area contributed by atoms with Gasteiger partial charge in [0.25, 0.3) is 0 Å². The number of benzene rings is 1. The molecular formula is C11H15NO2S. The van der Waals surface area contributed by atoms with E-state index in [-0.39, 0.29) is 5.97 Å². The maximum Gasteiger partial charge on any atom is 0.323 e. The standard InChI is InChI=1S/C11H15NO2S/c1-2-14-11(13)10(12)8-15-9-6-4-3-5-7-9/h3-7,10H,2,8,12H2,1H3. The minimum absolute atomic E-state index is 0.332. The molecule has 0 aliphatic rings. The minimum Gasteiger partial charge on any atom is -0.465 e. The molecule has 0 aromatic heterocycles. The second-order valence-corrected chi connectivity index (χ2v) is 4.08. The topological polar surface area (TPSA) is 52.3 Å². The van der Waals surface area contributed by atoms with E-state index in [1.807, 2.05) is 30.3 Å². The Morgan fingerprint density at radius 2 is 2.13 bits per heavy atom. The number of hydrogen-bond acceptors (Lipinski definition) is 4. The summed E-state index contributed by atoms with van der Waals surface area (Å²) in [4.78, 5) is 12.3. The molecule has 3 nitrogen and oxygen atoms in total. The van der Waals surface area contributed by atoms with Gasteiger partial charge in [-0.3, -0.25) is 4.79 Å². The van der Waals surface area contributed by atoms with Crippen LogP contribution in [-0.4, -0.2) is 24.4 Å². The molecule has 0 heterocycles. The number of carbonyl (C=O) groups is 1. The second-order valence-electron chi connectivity index (χ2n) is 2.98. The molecule has 1 aromatic carbocycles. The zero-order valence-corrected chi connectivity index (χ0v) is 9.50. The van der Waals surface area contributed by atoms with Crippen LogP contribution >= 0.6 is 11.8 Å². The first-order chi connectivity index (χ1) is 7.24. The Hall–Kier alpha value is -1.00. The smallest absolute Gasteiger partial charge is 0.323 e. The first kappa shape index (κ1) is 12.1. The van der Waals surface area contributed by atoms with Crippen LogP contribution in [-0.2, 0) is 9.53 Å². The first-order valence-electron chi connectivity index (χ1n) is 4.84. The van der Waals surface area contributed by atoms with Crippen LogP contribution in [0.5, 0.6) is 0 Å². The predicted molar refractivity (Wildman–Crippen MR) is 61.8 cm³/mol. The third kappa shape index (κ3) is 4.36. The van der Waals surface area contributed by atoms with Gasteiger partial charge in [0.15, 0.2) is 0 Å². The summed E-state index contributed by atoms with van der Waals surface area (Å²) in [5.41, 5.74) is 5.66. The van der Waals surface area contributed by atoms with E-state index >= 15 is 0 Å². The summed E-state index contributed by atoms with van der Waals surface area (Å²) in [6.45, 7) is 2.15. The zero-order valence-electron chi connectivity index (χ0n) is 8.68. The van der Waals surface area contributed by atoms with E-state index in [4.69, 9.17) is 10.5 Å². The lowest BCUT2D eigenvalue weighted by molar-refractivity contribution is -0.144. The van der Waals surface area contributed by atoms with Crippen LogP contribution in [0.3, 0.4) is 0 Å². The molecule has 4 heteroatoms. The molecule has 0 spiro atoms. The molecule has 1 aromatic rings. The normalized spacial score (nSPS) is 12.1. The lowest BCUT2D eigenvalue weighted by atomic mass is 10.4. The SMILES string of the molecule is CCOC(=O)C(N)CSc1ccccc1. The van der Waals surface area contributed by atoms with Gasteiger partial charge in [0, 0.05) is 10.6 Å². The van der Waals surface area contributed by atoms with Crippen LogP contribution in [0.4, 0.5) is 0 Å². The van der Waals surface area contributed by atoms with Gasteiger partial charge in [-0.1, -0.05) is 18.2 Å². The largest absolute Gasteiger partial charge is 0.465 e. The van der Waals surface area contributed by atoms with Gasteiger partial charge in [-0.05, 0) is 19.1 Å². The van der Waals surface area contributed by atoms with Crippen molar-refractivity contribution in [3.8, 4) is 0 Å². The molecule has 15 heavy (non-hydrogen) atoms. The molecule has 1 atom stereocenters. The van der Waals surface area contributed by atoms with Gasteiger partial charge in [0.1, 0.15) is 6.04 Å². The Morgan fingerprint density at radius 1 is 1.47 bits per heavy atom. The number of thioether (sulfide) groups is 1. The lowest BCUT2D eigenvalue weighted by Gasteiger charge is -2.09. The number of hydrogen-bond donors (Lipinski definition) is 1. The molecule has 0 saturated carbocycles. The average molecular weight is 225 g/mol. The van der Waals surface area contributed by atoms with E-state index in [0.717, 1.165) is 4.90 Å². The second kappa shape index (κ2) is 6.48. The molecule has 0 fully saturated rings. The van der Waals surface area contributed by atoms with Gasteiger partial charge in [-0.25, -0.2) is 0 Å². The van der Waals surface area contributed by atoms with Gasteiger partial charge >= 0.3 is 5.97 Å². The Labute approximate surface area is 94.0 Å². The number of nitrogens with two attached hydrogens (primary N) is 1. The molecule has 0 bridgehead atoms. The fourth-order valence-corrected chi connectivity index (χ4v) is 1.88. The lowest BCUT2D eigenvalue weighted by Crippen LogP contribution is -2.34. The fourth-order valence-electron chi connectivity index (χ4n) is 1.02. The maximum atomic E-state index is 11.2. The van der Waals surface area contributed by atoms with E-state index in [1.54, 1.807) is 18.7 Å². The number of carbonyl (C=O) groups excluding carboxylic acids is 1. The number of rotatable bonds is 5. The number of esters is 1. The molecule has 0 amide bonds. The molecule has 0 saturated heterocycles. The van der Waals surface area contributed by atoms with Crippen molar-refractivity contribution < 1.29 is 9.53 Å². The highest BCUT2D eigenvalue weighted by atomic mass is 32.2. The molecule has 0 aliphatic heterocycles. The molecule has 0 aliphatic carbocycles. The van der Waals surface area contributed by atoms with E-state index in [9.17, 15) is 4.79 Å². The van der Waals surface area contributed by atoms with Crippen molar-refractivity contribution in [2.75, 3.05) is 12.4 Å². The average Bonchev–Trinajstić information content (AvgIpc) is 2.27. The van der Waals surface area contributed by atoms with Crippen molar-refractivity contribution in [2.45, 2.75) is 17.9 Å². The highest BCUT2D eigenvalue weighted by Gasteiger charge is 2.14. The third-order valence-electron chi connectivity index (χ3n) is 1.76. The van der Waals surface area contributed by atoms with Crippen LogP contribution in [0.15, 0.2) is 35.2 Å². The Bertz CT molecular complexity index is 303. The Morgan fingerprint density at radius 3 is 2.73 bits per heavy atom. The van der Waals surface area contributed by atoms with Gasteiger partial charge < -0.3 is 10.5 Å². The van der Waals surface area contributed by atoms with Gasteiger partial charge in [0.2, 0.25) is 0 Å². The van der Waals surface area contributed by atoms with Crippen LogP contribution in [0.25, 0.3) is 0 Å². The van der Waals surface area contributed by atoms with Crippen molar-refractivity contribution >= 4 is 17.7 Å². The molecular weight excluding hydrogens is 210 g/mol. The number of ether oxygens (including phenoxy) is 1. The monoisotopic (exact) mass is 225 g/mol. The summed E-state index contributed by atoms with van der Waals surface area (Å²) in [7, 11) is 0. The van der Waals surface area contributed by atoms with Gasteiger partial charge in [0.05, 0.1) is 6.61 Å². The predicted octanol–water partition coefficient (Wildman–Crippen LogP) is 1.67. The quantitative estimate of drug-likeness (QED) is 0.612. The van der Waals surface area contributed by atoms with E-state index in [1.165, 1.54) is 0 Å². The summed E-state index contributed by atoms with van der Waals surface area (Å²) >= 11 is 1.56. The Balaban J connectivity index is 2.34. The molecule has 1 rings (SSSR count). The van der Waals surface area contributed by atoms with E-state index in [0.29, 0.717) is 12.4 Å². The summed E-state index contributed by atoms with van der Waals surface area (Å²) in [6.07, 6.45) is 0.